The number of thiazole rings is 1. The van der Waals surface area contributed by atoms with Crippen molar-refractivity contribution in [3.8, 4) is 0 Å². The van der Waals surface area contributed by atoms with Crippen LogP contribution >= 0.6 is 11.3 Å². The van der Waals surface area contributed by atoms with E-state index in [4.69, 9.17) is 0 Å². The van der Waals surface area contributed by atoms with Gasteiger partial charge in [-0.05, 0) is 30.8 Å². The summed E-state index contributed by atoms with van der Waals surface area (Å²) in [6.07, 6.45) is 5.74. The summed E-state index contributed by atoms with van der Waals surface area (Å²) in [5, 5.41) is 3.04. The molecule has 0 aliphatic heterocycles. The Morgan fingerprint density at radius 3 is 2.74 bits per heavy atom. The molecule has 0 N–H and O–H groups in total. The van der Waals surface area contributed by atoms with Crippen LogP contribution in [-0.2, 0) is 16.6 Å². The lowest BCUT2D eigenvalue weighted by Crippen LogP contribution is -2.13. The topological polar surface area (TPSA) is 30.0 Å². The number of Topliss-reactive ketones (excluding diaryl/α,β-unsaturated/α-hetero) is 1. The highest BCUT2D eigenvalue weighted by molar-refractivity contribution is 7.09. The summed E-state index contributed by atoms with van der Waals surface area (Å²) >= 11 is 1.61. The number of carbonyl (C=O) groups excluding carboxylic acids is 1. The van der Waals surface area contributed by atoms with Crippen molar-refractivity contribution in [2.24, 2.45) is 5.92 Å². The maximum atomic E-state index is 12.2. The first kappa shape index (κ1) is 14.4. The van der Waals surface area contributed by atoms with Gasteiger partial charge in [0.15, 0.2) is 5.78 Å². The van der Waals surface area contributed by atoms with Crippen molar-refractivity contribution in [2.45, 2.75) is 58.8 Å². The maximum Gasteiger partial charge on any atom is 0.165 e. The predicted octanol–water partition coefficient (Wildman–Crippen LogP) is 4.30. The van der Waals surface area contributed by atoms with E-state index in [-0.39, 0.29) is 11.2 Å². The van der Waals surface area contributed by atoms with Gasteiger partial charge >= 0.3 is 0 Å². The van der Waals surface area contributed by atoms with Crippen molar-refractivity contribution in [3.63, 3.8) is 0 Å². The fraction of sp³-hybridized carbons (Fsp3) is 0.625. The van der Waals surface area contributed by atoms with Gasteiger partial charge in [-0.15, -0.1) is 11.3 Å². The number of ketones is 1. The van der Waals surface area contributed by atoms with Crippen LogP contribution in [0.1, 0.15) is 57.7 Å². The summed E-state index contributed by atoms with van der Waals surface area (Å²) in [6, 6.07) is 0. The van der Waals surface area contributed by atoms with Gasteiger partial charge in [0.1, 0.15) is 5.01 Å². The molecule has 104 valence electrons. The summed E-state index contributed by atoms with van der Waals surface area (Å²) in [4.78, 5) is 16.8. The third kappa shape index (κ3) is 3.75. The molecular weight excluding hydrogens is 254 g/mol. The Hall–Kier alpha value is -0.960. The van der Waals surface area contributed by atoms with Crippen LogP contribution < -0.4 is 0 Å². The third-order valence-electron chi connectivity index (χ3n) is 3.66. The molecule has 19 heavy (non-hydrogen) atoms. The molecule has 0 spiro atoms. The SMILES string of the molecule is CC1CC=C(C(=O)Cc2nc(C(C)(C)C)cs2)CC1. The minimum atomic E-state index is 0.0668. The number of hydrogen-bond acceptors (Lipinski definition) is 3. The number of nitrogens with zero attached hydrogens (tertiary/aromatic N) is 1. The van der Waals surface area contributed by atoms with E-state index in [0.29, 0.717) is 6.42 Å². The lowest BCUT2D eigenvalue weighted by atomic mass is 9.88. The standard InChI is InChI=1S/C16H23NOS/c1-11-5-7-12(8-6-11)13(18)9-15-17-14(10-19-15)16(2,3)4/h7,10-11H,5-6,8-9H2,1-4H3. The molecule has 1 aliphatic rings. The molecule has 0 radical (unpaired) electrons. The first-order valence-corrected chi connectivity index (χ1v) is 7.91. The first-order chi connectivity index (χ1) is 8.86. The zero-order valence-corrected chi connectivity index (χ0v) is 13.1. The van der Waals surface area contributed by atoms with Crippen molar-refractivity contribution in [3.05, 3.63) is 27.7 Å². The smallest absolute Gasteiger partial charge is 0.165 e. The minimum Gasteiger partial charge on any atom is -0.294 e. The highest BCUT2D eigenvalue weighted by atomic mass is 32.1. The number of hydrogen-bond donors (Lipinski definition) is 0. The second kappa shape index (κ2) is 5.58. The lowest BCUT2D eigenvalue weighted by molar-refractivity contribution is -0.115. The molecule has 1 aromatic rings. The van der Waals surface area contributed by atoms with Crippen LogP contribution in [0, 0.1) is 5.92 Å². The van der Waals surface area contributed by atoms with Crippen LogP contribution in [0.4, 0.5) is 0 Å². The molecule has 0 amide bonds. The van der Waals surface area contributed by atoms with Crippen LogP contribution in [0.2, 0.25) is 0 Å². The summed E-state index contributed by atoms with van der Waals surface area (Å²) in [7, 11) is 0. The van der Waals surface area contributed by atoms with E-state index in [1.807, 2.05) is 0 Å². The quantitative estimate of drug-likeness (QED) is 0.824. The number of aromatic nitrogens is 1. The molecule has 2 nitrogen and oxygen atoms in total. The average molecular weight is 277 g/mol. The van der Waals surface area contributed by atoms with Crippen molar-refractivity contribution >= 4 is 17.1 Å². The molecule has 0 bridgehead atoms. The van der Waals surface area contributed by atoms with E-state index < -0.39 is 0 Å². The number of carbonyl (C=O) groups is 1. The van der Waals surface area contributed by atoms with E-state index in [2.05, 4.69) is 44.1 Å². The van der Waals surface area contributed by atoms with Gasteiger partial charge in [-0.1, -0.05) is 33.8 Å². The summed E-state index contributed by atoms with van der Waals surface area (Å²) < 4.78 is 0. The molecular formula is C16H23NOS. The fourth-order valence-corrected chi connectivity index (χ4v) is 3.23. The lowest BCUT2D eigenvalue weighted by Gasteiger charge is -2.17. The Balaban J connectivity index is 2.01. The monoisotopic (exact) mass is 277 g/mol. The minimum absolute atomic E-state index is 0.0668. The molecule has 0 aromatic carbocycles. The highest BCUT2D eigenvalue weighted by Crippen LogP contribution is 2.27. The highest BCUT2D eigenvalue weighted by Gasteiger charge is 2.20. The van der Waals surface area contributed by atoms with E-state index in [1.54, 1.807) is 11.3 Å². The molecule has 3 heteroatoms. The summed E-state index contributed by atoms with van der Waals surface area (Å²) in [5.41, 5.74) is 2.18. The van der Waals surface area contributed by atoms with E-state index in [0.717, 1.165) is 41.5 Å². The van der Waals surface area contributed by atoms with Crippen LogP contribution in [0.15, 0.2) is 17.0 Å². The fourth-order valence-electron chi connectivity index (χ4n) is 2.21. The molecule has 1 unspecified atom stereocenters. The van der Waals surface area contributed by atoms with Gasteiger partial charge in [-0.3, -0.25) is 4.79 Å². The molecule has 1 atom stereocenters. The van der Waals surface area contributed by atoms with Gasteiger partial charge in [0, 0.05) is 10.8 Å². The van der Waals surface area contributed by atoms with Crippen molar-refractivity contribution in [1.29, 1.82) is 0 Å². The van der Waals surface area contributed by atoms with Gasteiger partial charge < -0.3 is 0 Å². The number of rotatable bonds is 3. The van der Waals surface area contributed by atoms with Crippen molar-refractivity contribution in [2.75, 3.05) is 0 Å². The van der Waals surface area contributed by atoms with E-state index in [1.165, 1.54) is 0 Å². The molecule has 1 aliphatic carbocycles. The molecule has 0 saturated carbocycles. The maximum absolute atomic E-state index is 12.2. The molecule has 2 rings (SSSR count). The van der Waals surface area contributed by atoms with Crippen LogP contribution in [-0.4, -0.2) is 10.8 Å². The second-order valence-corrected chi connectivity index (χ2v) is 7.53. The van der Waals surface area contributed by atoms with Crippen LogP contribution in [0.5, 0.6) is 0 Å². The Labute approximate surface area is 120 Å². The zero-order chi connectivity index (χ0) is 14.0. The molecule has 0 fully saturated rings. The van der Waals surface area contributed by atoms with Gasteiger partial charge in [0.25, 0.3) is 0 Å². The Bertz CT molecular complexity index is 493. The Morgan fingerprint density at radius 1 is 1.47 bits per heavy atom. The molecule has 0 saturated heterocycles. The zero-order valence-electron chi connectivity index (χ0n) is 12.3. The van der Waals surface area contributed by atoms with Crippen LogP contribution in [0.25, 0.3) is 0 Å². The average Bonchev–Trinajstić information content (AvgIpc) is 2.78. The van der Waals surface area contributed by atoms with Gasteiger partial charge in [0.2, 0.25) is 0 Å². The van der Waals surface area contributed by atoms with E-state index >= 15 is 0 Å². The summed E-state index contributed by atoms with van der Waals surface area (Å²) in [5.74, 6) is 0.991. The molecule has 1 aromatic heterocycles. The van der Waals surface area contributed by atoms with E-state index in [9.17, 15) is 4.79 Å². The van der Waals surface area contributed by atoms with Crippen molar-refractivity contribution < 1.29 is 4.79 Å². The second-order valence-electron chi connectivity index (χ2n) is 6.59. The van der Waals surface area contributed by atoms with Gasteiger partial charge in [-0.2, -0.15) is 0 Å². The largest absolute Gasteiger partial charge is 0.294 e. The summed E-state index contributed by atoms with van der Waals surface area (Å²) in [6.45, 7) is 8.70. The van der Waals surface area contributed by atoms with Gasteiger partial charge in [-0.25, -0.2) is 4.98 Å². The third-order valence-corrected chi connectivity index (χ3v) is 4.51. The molecule has 1 heterocycles. The number of allylic oxidation sites excluding steroid dienone is 2. The Kier molecular flexibility index (Phi) is 4.24. The van der Waals surface area contributed by atoms with Crippen LogP contribution in [0.3, 0.4) is 0 Å². The first-order valence-electron chi connectivity index (χ1n) is 7.03. The van der Waals surface area contributed by atoms with Gasteiger partial charge in [0.05, 0.1) is 12.1 Å². The predicted molar refractivity (Wildman–Crippen MR) is 80.6 cm³/mol. The van der Waals surface area contributed by atoms with Crippen molar-refractivity contribution in [1.82, 2.24) is 4.98 Å². The Morgan fingerprint density at radius 2 is 2.21 bits per heavy atom. The normalized spacial score (nSPS) is 20.2.